The first kappa shape index (κ1) is 19.5. The molecular formula is C20H22N8O3. The molecule has 0 unspecified atom stereocenters. The molecule has 2 aliphatic rings. The number of benzene rings is 1. The highest BCUT2D eigenvalue weighted by Gasteiger charge is 2.21. The normalized spacial score (nSPS) is 17.0. The topological polar surface area (TPSA) is 111 Å². The Bertz CT molecular complexity index is 1020. The minimum absolute atomic E-state index is 0.297. The van der Waals surface area contributed by atoms with Crippen molar-refractivity contribution >= 4 is 17.5 Å². The quantitative estimate of drug-likeness (QED) is 0.568. The Kier molecular flexibility index (Phi) is 5.50. The molecule has 2 saturated heterocycles. The first-order chi connectivity index (χ1) is 15.3. The monoisotopic (exact) mass is 422 g/mol. The zero-order valence-corrected chi connectivity index (χ0v) is 16.9. The van der Waals surface area contributed by atoms with E-state index in [-0.39, 0.29) is 0 Å². The number of morpholine rings is 2. The van der Waals surface area contributed by atoms with Gasteiger partial charge in [-0.15, -0.1) is 10.0 Å². The van der Waals surface area contributed by atoms with Crippen molar-refractivity contribution in [3.63, 3.8) is 0 Å². The lowest BCUT2D eigenvalue weighted by Gasteiger charge is -2.31. The maximum atomic E-state index is 11.2. The van der Waals surface area contributed by atoms with Gasteiger partial charge in [-0.25, -0.2) is 9.67 Å². The van der Waals surface area contributed by atoms with E-state index in [1.807, 2.05) is 12.1 Å². The molecule has 11 nitrogen and oxygen atoms in total. The van der Waals surface area contributed by atoms with E-state index in [4.69, 9.17) is 19.4 Å². The molecule has 0 amide bonds. The summed E-state index contributed by atoms with van der Waals surface area (Å²) >= 11 is 0. The molecule has 4 heterocycles. The Morgan fingerprint density at radius 1 is 0.871 bits per heavy atom. The molecule has 31 heavy (non-hydrogen) atoms. The molecule has 0 saturated carbocycles. The highest BCUT2D eigenvalue weighted by Crippen LogP contribution is 2.28. The van der Waals surface area contributed by atoms with Gasteiger partial charge in [-0.3, -0.25) is 0 Å². The van der Waals surface area contributed by atoms with Crippen molar-refractivity contribution < 1.29 is 9.47 Å². The summed E-state index contributed by atoms with van der Waals surface area (Å²) in [5.41, 5.74) is 0.873. The molecule has 3 aromatic rings. The van der Waals surface area contributed by atoms with Crippen LogP contribution in [0.4, 0.5) is 17.5 Å². The van der Waals surface area contributed by atoms with Crippen LogP contribution in [0, 0.1) is 4.91 Å². The van der Waals surface area contributed by atoms with Crippen molar-refractivity contribution in [3.8, 4) is 17.2 Å². The van der Waals surface area contributed by atoms with Crippen LogP contribution in [0.25, 0.3) is 17.2 Å². The van der Waals surface area contributed by atoms with E-state index in [0.717, 1.165) is 32.0 Å². The Balaban J connectivity index is 1.53. The molecule has 5 rings (SSSR count). The summed E-state index contributed by atoms with van der Waals surface area (Å²) in [6, 6.07) is 8.89. The zero-order valence-electron chi connectivity index (χ0n) is 16.9. The molecular weight excluding hydrogens is 400 g/mol. The van der Waals surface area contributed by atoms with Crippen molar-refractivity contribution in [1.29, 1.82) is 0 Å². The second kappa shape index (κ2) is 8.74. The maximum Gasteiger partial charge on any atom is 0.229 e. The molecule has 11 heteroatoms. The Hall–Kier alpha value is -3.44. The lowest BCUT2D eigenvalue weighted by Crippen LogP contribution is -2.39. The maximum absolute atomic E-state index is 11.2. The van der Waals surface area contributed by atoms with Crippen molar-refractivity contribution in [2.24, 2.45) is 5.18 Å². The summed E-state index contributed by atoms with van der Waals surface area (Å²) in [6.45, 7) is 5.59. The largest absolute Gasteiger partial charge is 0.378 e. The van der Waals surface area contributed by atoms with E-state index in [2.05, 4.69) is 25.1 Å². The van der Waals surface area contributed by atoms with Gasteiger partial charge >= 0.3 is 0 Å². The molecule has 2 aromatic heterocycles. The van der Waals surface area contributed by atoms with E-state index in [1.54, 1.807) is 29.2 Å². The third-order valence-corrected chi connectivity index (χ3v) is 5.29. The lowest BCUT2D eigenvalue weighted by atomic mass is 10.2. The highest BCUT2D eigenvalue weighted by atomic mass is 16.5. The van der Waals surface area contributed by atoms with E-state index in [0.29, 0.717) is 55.3 Å². The van der Waals surface area contributed by atoms with Crippen molar-refractivity contribution in [2.75, 3.05) is 62.4 Å². The van der Waals surface area contributed by atoms with Crippen LogP contribution in [0.5, 0.6) is 0 Å². The summed E-state index contributed by atoms with van der Waals surface area (Å²) < 4.78 is 12.6. The summed E-state index contributed by atoms with van der Waals surface area (Å²) in [7, 11) is 0. The van der Waals surface area contributed by atoms with Crippen molar-refractivity contribution in [3.05, 3.63) is 41.6 Å². The molecule has 0 radical (unpaired) electrons. The van der Waals surface area contributed by atoms with Crippen LogP contribution < -0.4 is 9.80 Å². The third kappa shape index (κ3) is 4.09. The van der Waals surface area contributed by atoms with Crippen LogP contribution in [-0.2, 0) is 9.47 Å². The molecule has 160 valence electrons. The van der Waals surface area contributed by atoms with Crippen LogP contribution in [0.1, 0.15) is 0 Å². The average molecular weight is 422 g/mol. The summed E-state index contributed by atoms with van der Waals surface area (Å²) in [5, 5.41) is 7.64. The molecule has 1 aromatic carbocycles. The predicted molar refractivity (Wildman–Crippen MR) is 114 cm³/mol. The smallest absolute Gasteiger partial charge is 0.229 e. The second-order valence-corrected chi connectivity index (χ2v) is 7.20. The average Bonchev–Trinajstić information content (AvgIpc) is 3.35. The number of ether oxygens (including phenoxy) is 2. The Labute approximate surface area is 178 Å². The standard InChI is InChI=1S/C20H22N8O3/c29-25-16-4-2-1-3-15(16)19-21-14-28(24-19)18-13-17(26-5-9-30-10-6-26)22-20(23-18)27-7-11-31-12-8-27/h1-4,13-14H,5-12H2. The first-order valence-electron chi connectivity index (χ1n) is 10.2. The van der Waals surface area contributed by atoms with Gasteiger partial charge in [-0.05, 0) is 17.3 Å². The fourth-order valence-corrected chi connectivity index (χ4v) is 3.63. The van der Waals surface area contributed by atoms with Crippen molar-refractivity contribution in [1.82, 2.24) is 24.7 Å². The molecule has 2 aliphatic heterocycles. The SMILES string of the molecule is O=Nc1ccccc1-c1ncn(-c2cc(N3CCOCC3)nc(N3CCOCC3)n2)n1. The van der Waals surface area contributed by atoms with Gasteiger partial charge in [0.2, 0.25) is 5.95 Å². The van der Waals surface area contributed by atoms with Gasteiger partial charge in [0.25, 0.3) is 0 Å². The number of nitroso groups, excluding NO2 is 1. The zero-order chi connectivity index (χ0) is 21.0. The Morgan fingerprint density at radius 2 is 1.55 bits per heavy atom. The van der Waals surface area contributed by atoms with Gasteiger partial charge in [0, 0.05) is 32.2 Å². The van der Waals surface area contributed by atoms with E-state index < -0.39 is 0 Å². The van der Waals surface area contributed by atoms with Crippen molar-refractivity contribution in [2.45, 2.75) is 0 Å². The van der Waals surface area contributed by atoms with Gasteiger partial charge in [0.1, 0.15) is 17.8 Å². The molecule has 0 N–H and O–H groups in total. The summed E-state index contributed by atoms with van der Waals surface area (Å²) in [4.78, 5) is 29.4. The van der Waals surface area contributed by atoms with Gasteiger partial charge in [-0.1, -0.05) is 12.1 Å². The molecule has 0 atom stereocenters. The first-order valence-corrected chi connectivity index (χ1v) is 10.2. The van der Waals surface area contributed by atoms with E-state index >= 15 is 0 Å². The third-order valence-electron chi connectivity index (χ3n) is 5.29. The van der Waals surface area contributed by atoms with Crippen LogP contribution in [0.15, 0.2) is 41.8 Å². The van der Waals surface area contributed by atoms with E-state index in [1.165, 1.54) is 0 Å². The Morgan fingerprint density at radius 3 is 2.29 bits per heavy atom. The van der Waals surface area contributed by atoms with Crippen LogP contribution >= 0.6 is 0 Å². The number of hydrogen-bond acceptors (Lipinski definition) is 10. The fourth-order valence-electron chi connectivity index (χ4n) is 3.63. The lowest BCUT2D eigenvalue weighted by molar-refractivity contribution is 0.121. The van der Waals surface area contributed by atoms with Gasteiger partial charge in [0.05, 0.1) is 32.0 Å². The number of hydrogen-bond donors (Lipinski definition) is 0. The minimum atomic E-state index is 0.297. The summed E-state index contributed by atoms with van der Waals surface area (Å²) in [5.74, 6) is 2.47. The number of aromatic nitrogens is 5. The van der Waals surface area contributed by atoms with Crippen LogP contribution in [-0.4, -0.2) is 77.3 Å². The van der Waals surface area contributed by atoms with Crippen LogP contribution in [0.2, 0.25) is 0 Å². The number of nitrogens with zero attached hydrogens (tertiary/aromatic N) is 8. The number of rotatable bonds is 5. The fraction of sp³-hybridized carbons (Fsp3) is 0.400. The molecule has 2 fully saturated rings. The molecule has 0 bridgehead atoms. The van der Waals surface area contributed by atoms with E-state index in [9.17, 15) is 4.91 Å². The molecule has 0 aliphatic carbocycles. The minimum Gasteiger partial charge on any atom is -0.378 e. The number of anilines is 2. The van der Waals surface area contributed by atoms with Gasteiger partial charge in [0.15, 0.2) is 11.6 Å². The molecule has 0 spiro atoms. The van der Waals surface area contributed by atoms with Gasteiger partial charge < -0.3 is 19.3 Å². The highest BCUT2D eigenvalue weighted by molar-refractivity contribution is 5.70. The second-order valence-electron chi connectivity index (χ2n) is 7.20. The predicted octanol–water partition coefficient (Wildman–Crippen LogP) is 1.80. The summed E-state index contributed by atoms with van der Waals surface area (Å²) in [6.07, 6.45) is 1.59. The van der Waals surface area contributed by atoms with Gasteiger partial charge in [-0.2, -0.15) is 9.97 Å². The van der Waals surface area contributed by atoms with Crippen LogP contribution in [0.3, 0.4) is 0 Å².